The Morgan fingerprint density at radius 1 is 1.08 bits per heavy atom. The molecule has 1 amide bonds. The summed E-state index contributed by atoms with van der Waals surface area (Å²) < 4.78 is 0. The highest BCUT2D eigenvalue weighted by Crippen LogP contribution is 2.32. The molecular weight excluding hydrogens is 316 g/mol. The summed E-state index contributed by atoms with van der Waals surface area (Å²) in [5, 5.41) is 1.05. The molecule has 0 bridgehead atoms. The number of rotatable bonds is 2. The number of thiazole rings is 1. The highest BCUT2D eigenvalue weighted by atomic mass is 32.1. The van der Waals surface area contributed by atoms with Crippen molar-refractivity contribution in [3.63, 3.8) is 0 Å². The molecule has 2 aromatic carbocycles. The molecule has 0 N–H and O–H groups in total. The van der Waals surface area contributed by atoms with Crippen LogP contribution in [0, 0.1) is 6.92 Å². The van der Waals surface area contributed by atoms with Gasteiger partial charge in [0.25, 0.3) is 5.91 Å². The number of carbonyl (C=O) groups excluding carboxylic acids is 1. The van der Waals surface area contributed by atoms with Crippen LogP contribution in [0.5, 0.6) is 0 Å². The summed E-state index contributed by atoms with van der Waals surface area (Å²) in [6.45, 7) is 3.38. The smallest absolute Gasteiger partial charge is 0.254 e. The third-order valence-corrected chi connectivity index (χ3v) is 5.55. The van der Waals surface area contributed by atoms with Gasteiger partial charge in [-0.3, -0.25) is 4.79 Å². The first-order chi connectivity index (χ1) is 11.7. The maximum absolute atomic E-state index is 12.8. The fraction of sp³-hybridized carbons (Fsp3) is 0.200. The molecule has 0 spiro atoms. The van der Waals surface area contributed by atoms with E-state index in [0.717, 1.165) is 40.4 Å². The van der Waals surface area contributed by atoms with Gasteiger partial charge in [-0.2, -0.15) is 0 Å². The van der Waals surface area contributed by atoms with Crippen LogP contribution in [0.25, 0.3) is 10.6 Å². The largest absolute Gasteiger partial charge is 0.333 e. The van der Waals surface area contributed by atoms with Gasteiger partial charge in [-0.15, -0.1) is 11.3 Å². The van der Waals surface area contributed by atoms with E-state index in [1.807, 2.05) is 54.3 Å². The average Bonchev–Trinajstić information content (AvgIpc) is 3.05. The number of aryl methyl sites for hydroxylation is 1. The van der Waals surface area contributed by atoms with Gasteiger partial charge < -0.3 is 4.90 Å². The van der Waals surface area contributed by atoms with Gasteiger partial charge in [0.05, 0.1) is 12.2 Å². The summed E-state index contributed by atoms with van der Waals surface area (Å²) in [5.41, 5.74) is 4.12. The maximum atomic E-state index is 12.8. The number of benzene rings is 2. The normalized spacial score (nSPS) is 13.6. The summed E-state index contributed by atoms with van der Waals surface area (Å²) in [6.07, 6.45) is 0.830. The van der Waals surface area contributed by atoms with E-state index in [-0.39, 0.29) is 5.91 Å². The second-order valence-corrected chi connectivity index (χ2v) is 7.13. The van der Waals surface area contributed by atoms with Gasteiger partial charge >= 0.3 is 0 Å². The van der Waals surface area contributed by atoms with Crippen molar-refractivity contribution in [3.05, 3.63) is 76.3 Å². The highest BCUT2D eigenvalue weighted by molar-refractivity contribution is 7.15. The first-order valence-electron chi connectivity index (χ1n) is 8.11. The third kappa shape index (κ3) is 2.74. The van der Waals surface area contributed by atoms with Crippen molar-refractivity contribution in [2.75, 3.05) is 6.54 Å². The maximum Gasteiger partial charge on any atom is 0.254 e. The minimum atomic E-state index is 0.119. The standard InChI is InChI=1S/C20H18N2OS/c1-14-7-5-6-10-16(14)20(23)22-12-11-17-18(13-22)24-19(21-17)15-8-3-2-4-9-15/h2-10H,11-13H2,1H3. The van der Waals surface area contributed by atoms with Crippen LogP contribution >= 0.6 is 11.3 Å². The molecule has 0 aliphatic carbocycles. The molecule has 24 heavy (non-hydrogen) atoms. The Kier molecular flexibility index (Phi) is 3.90. The third-order valence-electron chi connectivity index (χ3n) is 4.41. The highest BCUT2D eigenvalue weighted by Gasteiger charge is 2.25. The first-order valence-corrected chi connectivity index (χ1v) is 8.93. The Hall–Kier alpha value is -2.46. The summed E-state index contributed by atoms with van der Waals surface area (Å²) in [6, 6.07) is 18.0. The topological polar surface area (TPSA) is 33.2 Å². The average molecular weight is 334 g/mol. The van der Waals surface area contributed by atoms with E-state index < -0.39 is 0 Å². The summed E-state index contributed by atoms with van der Waals surface area (Å²) in [7, 11) is 0. The van der Waals surface area contributed by atoms with Gasteiger partial charge in [0.1, 0.15) is 5.01 Å². The van der Waals surface area contributed by atoms with E-state index in [1.54, 1.807) is 11.3 Å². The van der Waals surface area contributed by atoms with Crippen molar-refractivity contribution in [3.8, 4) is 10.6 Å². The van der Waals surface area contributed by atoms with Crippen molar-refractivity contribution in [1.82, 2.24) is 9.88 Å². The van der Waals surface area contributed by atoms with E-state index in [0.29, 0.717) is 6.54 Å². The monoisotopic (exact) mass is 334 g/mol. The second-order valence-electron chi connectivity index (χ2n) is 6.05. The van der Waals surface area contributed by atoms with Crippen LogP contribution in [0.15, 0.2) is 54.6 Å². The number of amides is 1. The number of carbonyl (C=O) groups is 1. The van der Waals surface area contributed by atoms with E-state index >= 15 is 0 Å². The van der Waals surface area contributed by atoms with Crippen LogP contribution in [0.3, 0.4) is 0 Å². The number of nitrogens with zero attached hydrogens (tertiary/aromatic N) is 2. The number of hydrogen-bond donors (Lipinski definition) is 0. The Bertz CT molecular complexity index is 886. The fourth-order valence-electron chi connectivity index (χ4n) is 3.06. The zero-order chi connectivity index (χ0) is 16.5. The van der Waals surface area contributed by atoms with Crippen molar-refractivity contribution < 1.29 is 4.79 Å². The predicted octanol–water partition coefficient (Wildman–Crippen LogP) is 4.32. The molecule has 1 aromatic heterocycles. The SMILES string of the molecule is Cc1ccccc1C(=O)N1CCc2nc(-c3ccccc3)sc2C1. The Morgan fingerprint density at radius 3 is 2.62 bits per heavy atom. The lowest BCUT2D eigenvalue weighted by molar-refractivity contribution is 0.0735. The van der Waals surface area contributed by atoms with Crippen LogP contribution in [0.4, 0.5) is 0 Å². The van der Waals surface area contributed by atoms with Crippen molar-refractivity contribution in [2.45, 2.75) is 19.9 Å². The first kappa shape index (κ1) is 15.1. The lowest BCUT2D eigenvalue weighted by atomic mass is 10.1. The van der Waals surface area contributed by atoms with Gasteiger partial charge in [0, 0.05) is 29.0 Å². The van der Waals surface area contributed by atoms with Gasteiger partial charge in [0.15, 0.2) is 0 Å². The van der Waals surface area contributed by atoms with Crippen molar-refractivity contribution in [1.29, 1.82) is 0 Å². The van der Waals surface area contributed by atoms with Crippen LogP contribution < -0.4 is 0 Å². The van der Waals surface area contributed by atoms with Crippen LogP contribution in [0.1, 0.15) is 26.5 Å². The second kappa shape index (κ2) is 6.21. The van der Waals surface area contributed by atoms with Crippen LogP contribution in [0.2, 0.25) is 0 Å². The predicted molar refractivity (Wildman–Crippen MR) is 97.2 cm³/mol. The number of fused-ring (bicyclic) bond motifs is 1. The molecule has 1 aliphatic heterocycles. The summed E-state index contributed by atoms with van der Waals surface area (Å²) in [5.74, 6) is 0.119. The molecule has 0 saturated heterocycles. The minimum absolute atomic E-state index is 0.119. The van der Waals surface area contributed by atoms with E-state index in [9.17, 15) is 4.79 Å². The summed E-state index contributed by atoms with van der Waals surface area (Å²) in [4.78, 5) is 20.8. The minimum Gasteiger partial charge on any atom is -0.333 e. The van der Waals surface area contributed by atoms with E-state index in [1.165, 1.54) is 4.88 Å². The van der Waals surface area contributed by atoms with E-state index in [2.05, 4.69) is 12.1 Å². The lowest BCUT2D eigenvalue weighted by Crippen LogP contribution is -2.35. The van der Waals surface area contributed by atoms with Gasteiger partial charge in [0.2, 0.25) is 0 Å². The fourth-order valence-corrected chi connectivity index (χ4v) is 4.19. The molecular formula is C20H18N2OS. The Labute approximate surface area is 145 Å². The molecule has 3 aromatic rings. The molecule has 2 heterocycles. The molecule has 3 nitrogen and oxygen atoms in total. The quantitative estimate of drug-likeness (QED) is 0.699. The van der Waals surface area contributed by atoms with Crippen molar-refractivity contribution >= 4 is 17.2 Å². The van der Waals surface area contributed by atoms with E-state index in [4.69, 9.17) is 4.98 Å². The molecule has 4 heteroatoms. The molecule has 120 valence electrons. The number of aromatic nitrogens is 1. The van der Waals surface area contributed by atoms with Gasteiger partial charge in [-0.25, -0.2) is 4.98 Å². The lowest BCUT2D eigenvalue weighted by Gasteiger charge is -2.26. The molecule has 0 radical (unpaired) electrons. The summed E-state index contributed by atoms with van der Waals surface area (Å²) >= 11 is 1.70. The van der Waals surface area contributed by atoms with Crippen LogP contribution in [-0.4, -0.2) is 22.3 Å². The zero-order valence-electron chi connectivity index (χ0n) is 13.5. The Balaban J connectivity index is 1.59. The van der Waals surface area contributed by atoms with Gasteiger partial charge in [-0.1, -0.05) is 48.5 Å². The molecule has 0 fully saturated rings. The molecule has 0 atom stereocenters. The molecule has 4 rings (SSSR count). The number of hydrogen-bond acceptors (Lipinski definition) is 3. The molecule has 0 saturated carbocycles. The molecule has 1 aliphatic rings. The van der Waals surface area contributed by atoms with Gasteiger partial charge in [-0.05, 0) is 18.6 Å². The Morgan fingerprint density at radius 2 is 1.83 bits per heavy atom. The van der Waals surface area contributed by atoms with Crippen molar-refractivity contribution in [2.24, 2.45) is 0 Å². The van der Waals surface area contributed by atoms with Crippen LogP contribution in [-0.2, 0) is 13.0 Å². The zero-order valence-corrected chi connectivity index (χ0v) is 14.3. The molecule has 0 unspecified atom stereocenters.